The Bertz CT molecular complexity index is 1130. The van der Waals surface area contributed by atoms with Gasteiger partial charge in [0.05, 0.1) is 18.3 Å². The average Bonchev–Trinajstić information content (AvgIpc) is 3.17. The Morgan fingerprint density at radius 2 is 1.84 bits per heavy atom. The number of alkyl halides is 3. The van der Waals surface area contributed by atoms with Crippen LogP contribution >= 0.6 is 0 Å². The van der Waals surface area contributed by atoms with Crippen LogP contribution in [-0.2, 0) is 17.4 Å². The van der Waals surface area contributed by atoms with Gasteiger partial charge in [0, 0.05) is 43.1 Å². The number of piperazine rings is 1. The Kier molecular flexibility index (Phi) is 5.71. The highest BCUT2D eigenvalue weighted by molar-refractivity contribution is 5.92. The smallest absolute Gasteiger partial charge is 0.354 e. The van der Waals surface area contributed by atoms with Crippen molar-refractivity contribution in [2.24, 2.45) is 0 Å². The van der Waals surface area contributed by atoms with Crippen LogP contribution in [0.5, 0.6) is 0 Å². The summed E-state index contributed by atoms with van der Waals surface area (Å²) < 4.78 is 39.8. The molecule has 1 aliphatic heterocycles. The van der Waals surface area contributed by atoms with E-state index in [9.17, 15) is 18.0 Å². The fourth-order valence-corrected chi connectivity index (χ4v) is 3.63. The van der Waals surface area contributed by atoms with Crippen molar-refractivity contribution < 1.29 is 18.0 Å². The van der Waals surface area contributed by atoms with Crippen LogP contribution in [0, 0.1) is 13.8 Å². The quantitative estimate of drug-likeness (QED) is 0.654. The zero-order valence-electron chi connectivity index (χ0n) is 17.9. The second-order valence-electron chi connectivity index (χ2n) is 7.83. The highest BCUT2D eigenvalue weighted by Gasteiger charge is 2.37. The van der Waals surface area contributed by atoms with Gasteiger partial charge in [0.15, 0.2) is 0 Å². The third-order valence-electron chi connectivity index (χ3n) is 5.50. The van der Waals surface area contributed by atoms with E-state index in [1.54, 1.807) is 26.1 Å². The summed E-state index contributed by atoms with van der Waals surface area (Å²) in [7, 11) is 2.08. The van der Waals surface area contributed by atoms with Crippen LogP contribution in [0.15, 0.2) is 18.3 Å². The van der Waals surface area contributed by atoms with Crippen molar-refractivity contribution in [3.05, 3.63) is 41.1 Å². The van der Waals surface area contributed by atoms with Gasteiger partial charge in [0.25, 0.3) is 11.6 Å². The molecule has 0 aliphatic carbocycles. The molecule has 0 bridgehead atoms. The van der Waals surface area contributed by atoms with Crippen molar-refractivity contribution in [2.75, 3.05) is 43.4 Å². The molecule has 1 amide bonds. The number of aromatic nitrogens is 5. The molecule has 4 heterocycles. The van der Waals surface area contributed by atoms with Crippen LogP contribution in [0.2, 0.25) is 0 Å². The number of carbonyl (C=O) groups excluding carboxylic acids is 1. The summed E-state index contributed by atoms with van der Waals surface area (Å²) in [6.07, 6.45) is -3.14. The summed E-state index contributed by atoms with van der Waals surface area (Å²) in [4.78, 5) is 29.0. The SMILES string of the molecule is Cc1nc2nc(C(F)(F)F)nn2c(C)c1CC(=O)Nc1ccc(N2CCN(C)CC2)nc1. The molecule has 0 radical (unpaired) electrons. The lowest BCUT2D eigenvalue weighted by atomic mass is 10.1. The molecule has 0 spiro atoms. The highest BCUT2D eigenvalue weighted by atomic mass is 19.4. The molecular formula is C20H23F3N8O. The maximum Gasteiger partial charge on any atom is 0.453 e. The van der Waals surface area contributed by atoms with Crippen molar-refractivity contribution in [3.63, 3.8) is 0 Å². The number of rotatable bonds is 4. The van der Waals surface area contributed by atoms with E-state index in [4.69, 9.17) is 0 Å². The first-order chi connectivity index (χ1) is 15.1. The van der Waals surface area contributed by atoms with Gasteiger partial charge >= 0.3 is 6.18 Å². The lowest BCUT2D eigenvalue weighted by Gasteiger charge is -2.33. The van der Waals surface area contributed by atoms with E-state index in [0.717, 1.165) is 36.5 Å². The van der Waals surface area contributed by atoms with Gasteiger partial charge in [0.1, 0.15) is 5.82 Å². The number of hydrogen-bond acceptors (Lipinski definition) is 7. The molecule has 9 nitrogen and oxygen atoms in total. The van der Waals surface area contributed by atoms with E-state index in [1.807, 2.05) is 6.07 Å². The number of anilines is 2. The fourth-order valence-electron chi connectivity index (χ4n) is 3.63. The number of nitrogens with zero attached hydrogens (tertiary/aromatic N) is 7. The lowest BCUT2D eigenvalue weighted by molar-refractivity contribution is -0.144. The van der Waals surface area contributed by atoms with Crippen molar-refractivity contribution in [1.29, 1.82) is 0 Å². The number of amides is 1. The number of aryl methyl sites for hydroxylation is 2. The molecule has 1 fully saturated rings. The largest absolute Gasteiger partial charge is 0.453 e. The molecule has 12 heteroatoms. The number of pyridine rings is 1. The predicted molar refractivity (Wildman–Crippen MR) is 112 cm³/mol. The minimum Gasteiger partial charge on any atom is -0.354 e. The first kappa shape index (κ1) is 21.9. The second-order valence-corrected chi connectivity index (χ2v) is 7.83. The number of nitrogens with one attached hydrogen (secondary N) is 1. The van der Waals surface area contributed by atoms with Gasteiger partial charge in [-0.05, 0) is 33.0 Å². The number of halogens is 3. The van der Waals surface area contributed by atoms with E-state index >= 15 is 0 Å². The van der Waals surface area contributed by atoms with Crippen LogP contribution in [-0.4, -0.2) is 68.6 Å². The van der Waals surface area contributed by atoms with E-state index in [0.29, 0.717) is 22.6 Å². The van der Waals surface area contributed by atoms with Gasteiger partial charge < -0.3 is 15.1 Å². The maximum atomic E-state index is 12.9. The van der Waals surface area contributed by atoms with E-state index in [-0.39, 0.29) is 18.1 Å². The first-order valence-corrected chi connectivity index (χ1v) is 10.1. The topological polar surface area (TPSA) is 91.5 Å². The van der Waals surface area contributed by atoms with Crippen molar-refractivity contribution in [2.45, 2.75) is 26.4 Å². The summed E-state index contributed by atoms with van der Waals surface area (Å²) in [5.74, 6) is -0.896. The molecule has 1 aliphatic rings. The molecule has 170 valence electrons. The maximum absolute atomic E-state index is 12.9. The Morgan fingerprint density at radius 3 is 2.47 bits per heavy atom. The van der Waals surface area contributed by atoms with Gasteiger partial charge in [-0.2, -0.15) is 18.2 Å². The Balaban J connectivity index is 1.47. The van der Waals surface area contributed by atoms with E-state index in [2.05, 4.69) is 42.2 Å². The zero-order chi connectivity index (χ0) is 23.0. The average molecular weight is 448 g/mol. The third kappa shape index (κ3) is 4.49. The standard InChI is InChI=1S/C20H23F3N8O/c1-12-15(13(2)31-19(25-12)27-18(28-31)20(21,22)23)10-17(32)26-14-4-5-16(24-11-14)30-8-6-29(3)7-9-30/h4-5,11H,6-10H2,1-3H3,(H,26,32). The van der Waals surface area contributed by atoms with Crippen LogP contribution in [0.4, 0.5) is 24.7 Å². The fraction of sp³-hybridized carbons (Fsp3) is 0.450. The third-order valence-corrected chi connectivity index (χ3v) is 5.50. The van der Waals surface area contributed by atoms with Crippen molar-refractivity contribution >= 4 is 23.2 Å². The molecule has 3 aromatic rings. The van der Waals surface area contributed by atoms with E-state index < -0.39 is 12.0 Å². The van der Waals surface area contributed by atoms with Gasteiger partial charge in [-0.15, -0.1) is 5.10 Å². The zero-order valence-corrected chi connectivity index (χ0v) is 17.9. The Labute approximate surface area is 182 Å². The van der Waals surface area contributed by atoms with Crippen molar-refractivity contribution in [3.8, 4) is 0 Å². The molecular weight excluding hydrogens is 425 g/mol. The molecule has 0 unspecified atom stereocenters. The van der Waals surface area contributed by atoms with Gasteiger partial charge in [-0.3, -0.25) is 4.79 Å². The van der Waals surface area contributed by atoms with Crippen LogP contribution in [0.3, 0.4) is 0 Å². The van der Waals surface area contributed by atoms with E-state index in [1.165, 1.54) is 0 Å². The lowest BCUT2D eigenvalue weighted by Crippen LogP contribution is -2.44. The predicted octanol–water partition coefficient (Wildman–Crippen LogP) is 2.09. The number of carbonyl (C=O) groups is 1. The summed E-state index contributed by atoms with van der Waals surface area (Å²) in [5.41, 5.74) is 1.84. The summed E-state index contributed by atoms with van der Waals surface area (Å²) >= 11 is 0. The minimum atomic E-state index is -4.67. The second kappa shape index (κ2) is 8.34. The Morgan fingerprint density at radius 1 is 1.12 bits per heavy atom. The molecule has 1 saturated heterocycles. The van der Waals surface area contributed by atoms with Crippen molar-refractivity contribution in [1.82, 2.24) is 29.5 Å². The van der Waals surface area contributed by atoms with Gasteiger partial charge in [-0.1, -0.05) is 0 Å². The van der Waals surface area contributed by atoms with Crippen LogP contribution in [0.1, 0.15) is 22.8 Å². The minimum absolute atomic E-state index is 0.0674. The Hall–Kier alpha value is -3.28. The van der Waals surface area contributed by atoms with Gasteiger partial charge in [0.2, 0.25) is 5.91 Å². The molecule has 4 rings (SSSR count). The van der Waals surface area contributed by atoms with Crippen LogP contribution in [0.25, 0.3) is 5.78 Å². The number of fused-ring (bicyclic) bond motifs is 1. The molecule has 32 heavy (non-hydrogen) atoms. The molecule has 0 aromatic carbocycles. The monoisotopic (exact) mass is 448 g/mol. The number of hydrogen-bond donors (Lipinski definition) is 1. The number of likely N-dealkylation sites (N-methyl/N-ethyl adjacent to an activating group) is 1. The first-order valence-electron chi connectivity index (χ1n) is 10.1. The highest BCUT2D eigenvalue weighted by Crippen LogP contribution is 2.27. The molecule has 0 atom stereocenters. The normalized spacial score (nSPS) is 15.4. The summed E-state index contributed by atoms with van der Waals surface area (Å²) in [6, 6.07) is 3.64. The molecule has 0 saturated carbocycles. The molecule has 1 N–H and O–H groups in total. The van der Waals surface area contributed by atoms with Crippen LogP contribution < -0.4 is 10.2 Å². The molecule has 3 aromatic heterocycles. The van der Waals surface area contributed by atoms with Gasteiger partial charge in [-0.25, -0.2) is 14.5 Å². The summed E-state index contributed by atoms with van der Waals surface area (Å²) in [5, 5.41) is 6.28. The summed E-state index contributed by atoms with van der Waals surface area (Å²) in [6.45, 7) is 6.93.